The molecule has 0 aliphatic heterocycles. The lowest BCUT2D eigenvalue weighted by atomic mass is 9.92. The fourth-order valence-corrected chi connectivity index (χ4v) is 5.54. The lowest BCUT2D eigenvalue weighted by Crippen LogP contribution is -2.05. The lowest BCUT2D eigenvalue weighted by Gasteiger charge is -2.24. The van der Waals surface area contributed by atoms with E-state index in [4.69, 9.17) is 9.63 Å². The number of allylic oxidation sites excluding steroid dienone is 5. The average molecular weight is 431 g/mol. The van der Waals surface area contributed by atoms with E-state index in [2.05, 4.69) is 13.5 Å². The number of hydrogen-bond donors (Lipinski definition) is 1. The smallest absolute Gasteiger partial charge is 0.345 e. The lowest BCUT2D eigenvalue weighted by molar-refractivity contribution is 0.0702. The standard InChI is InChI=1S/C12H19O2P.C11H8O2S/c1-6-14-15(5,13)12-8-7-9(2)10(3)11(12)4;12-11(13)10-7-6-9(14-10)8-4-2-1-3-5-8/h7-9H,3,6H2,1-2,4-5H3;1-7H,(H,12,13). The molecule has 0 amide bonds. The largest absolute Gasteiger partial charge is 0.477 e. The van der Waals surface area contributed by atoms with Gasteiger partial charge in [0, 0.05) is 16.9 Å². The summed E-state index contributed by atoms with van der Waals surface area (Å²) in [5, 5.41) is 9.57. The van der Waals surface area contributed by atoms with Gasteiger partial charge in [0.25, 0.3) is 0 Å². The maximum Gasteiger partial charge on any atom is 0.345 e. The maximum absolute atomic E-state index is 12.3. The van der Waals surface area contributed by atoms with Crippen molar-refractivity contribution in [2.75, 3.05) is 13.3 Å². The molecule has 1 aliphatic rings. The summed E-state index contributed by atoms with van der Waals surface area (Å²) in [5.41, 5.74) is 3.11. The summed E-state index contributed by atoms with van der Waals surface area (Å²) in [5.74, 6) is -0.535. The second-order valence-electron chi connectivity index (χ2n) is 6.78. The van der Waals surface area contributed by atoms with Gasteiger partial charge in [-0.05, 0) is 48.6 Å². The molecule has 0 radical (unpaired) electrons. The van der Waals surface area contributed by atoms with Gasteiger partial charge in [-0.15, -0.1) is 11.3 Å². The first-order valence-corrected chi connectivity index (χ1v) is 12.3. The molecule has 4 nitrogen and oxygen atoms in total. The fraction of sp³-hybridized carbons (Fsp3) is 0.261. The average Bonchev–Trinajstić information content (AvgIpc) is 3.18. The van der Waals surface area contributed by atoms with Crippen molar-refractivity contribution in [1.82, 2.24) is 0 Å². The number of carboxylic acids is 1. The van der Waals surface area contributed by atoms with Gasteiger partial charge in [-0.2, -0.15) is 0 Å². The van der Waals surface area contributed by atoms with E-state index >= 15 is 0 Å². The molecule has 0 spiro atoms. The normalized spacial score (nSPS) is 18.1. The summed E-state index contributed by atoms with van der Waals surface area (Å²) < 4.78 is 17.6. The van der Waals surface area contributed by atoms with Crippen LogP contribution in [0.2, 0.25) is 0 Å². The minimum atomic E-state index is -2.66. The van der Waals surface area contributed by atoms with Crippen LogP contribution in [0.25, 0.3) is 10.4 Å². The van der Waals surface area contributed by atoms with Crippen molar-refractivity contribution in [3.63, 3.8) is 0 Å². The predicted molar refractivity (Wildman–Crippen MR) is 122 cm³/mol. The molecule has 1 N–H and O–H groups in total. The van der Waals surface area contributed by atoms with Gasteiger partial charge in [-0.25, -0.2) is 4.79 Å². The third-order valence-corrected chi connectivity index (χ3v) is 7.88. The molecular formula is C23H27O4PS. The first-order chi connectivity index (χ1) is 13.7. The Bertz CT molecular complexity index is 985. The van der Waals surface area contributed by atoms with E-state index in [-0.39, 0.29) is 0 Å². The van der Waals surface area contributed by atoms with Crippen LogP contribution in [0, 0.1) is 5.92 Å². The summed E-state index contributed by atoms with van der Waals surface area (Å²) >= 11 is 1.29. The molecule has 2 unspecified atom stereocenters. The van der Waals surface area contributed by atoms with E-state index < -0.39 is 13.3 Å². The van der Waals surface area contributed by atoms with Gasteiger partial charge in [-0.3, -0.25) is 4.57 Å². The highest BCUT2D eigenvalue weighted by Crippen LogP contribution is 2.55. The Balaban J connectivity index is 0.000000207. The molecule has 1 aromatic carbocycles. The van der Waals surface area contributed by atoms with Gasteiger partial charge >= 0.3 is 5.97 Å². The maximum atomic E-state index is 12.3. The van der Waals surface area contributed by atoms with Crippen molar-refractivity contribution in [3.8, 4) is 10.4 Å². The Labute approximate surface area is 176 Å². The van der Waals surface area contributed by atoms with Crippen LogP contribution in [0.4, 0.5) is 0 Å². The van der Waals surface area contributed by atoms with Gasteiger partial charge in [0.15, 0.2) is 0 Å². The Morgan fingerprint density at radius 2 is 1.90 bits per heavy atom. The Morgan fingerprint density at radius 1 is 1.24 bits per heavy atom. The van der Waals surface area contributed by atoms with Crippen LogP contribution < -0.4 is 0 Å². The van der Waals surface area contributed by atoms with Crippen molar-refractivity contribution in [3.05, 3.63) is 82.5 Å². The zero-order chi connectivity index (χ0) is 21.6. The molecular weight excluding hydrogens is 403 g/mol. The van der Waals surface area contributed by atoms with E-state index in [1.807, 2.05) is 62.4 Å². The number of carbonyl (C=O) groups is 1. The van der Waals surface area contributed by atoms with Crippen molar-refractivity contribution >= 4 is 24.7 Å². The molecule has 154 valence electrons. The molecule has 2 atom stereocenters. The van der Waals surface area contributed by atoms with Gasteiger partial charge in [-0.1, -0.05) is 56.0 Å². The van der Waals surface area contributed by atoms with Crippen molar-refractivity contribution in [2.45, 2.75) is 20.8 Å². The number of benzene rings is 1. The number of carboxylic acid groups (broad SMARTS) is 1. The van der Waals surface area contributed by atoms with Gasteiger partial charge in [0.05, 0.1) is 6.61 Å². The Hall–Kier alpha value is -2.20. The molecule has 0 saturated carbocycles. The number of thiophene rings is 1. The van der Waals surface area contributed by atoms with Crippen molar-refractivity contribution in [2.24, 2.45) is 5.92 Å². The van der Waals surface area contributed by atoms with E-state index in [1.54, 1.807) is 12.7 Å². The topological polar surface area (TPSA) is 63.6 Å². The van der Waals surface area contributed by atoms with Crippen LogP contribution in [0.1, 0.15) is 30.4 Å². The molecule has 29 heavy (non-hydrogen) atoms. The summed E-state index contributed by atoms with van der Waals surface area (Å²) in [7, 11) is -2.66. The van der Waals surface area contributed by atoms with E-state index in [9.17, 15) is 9.36 Å². The van der Waals surface area contributed by atoms with Crippen LogP contribution in [-0.2, 0) is 9.09 Å². The zero-order valence-electron chi connectivity index (χ0n) is 17.2. The molecule has 2 aromatic rings. The number of hydrogen-bond acceptors (Lipinski definition) is 4. The fourth-order valence-electron chi connectivity index (χ4n) is 2.95. The third kappa shape index (κ3) is 5.89. The second kappa shape index (κ2) is 10.0. The molecule has 0 bridgehead atoms. The SMILES string of the molecule is C=C1C(C)=C(P(C)(=O)OCC)C=CC1C.O=C(O)c1ccc(-c2ccccc2)s1. The van der Waals surface area contributed by atoms with Crippen molar-refractivity contribution in [1.29, 1.82) is 0 Å². The highest BCUT2D eigenvalue weighted by Gasteiger charge is 2.26. The minimum absolute atomic E-state index is 0.329. The van der Waals surface area contributed by atoms with Crippen LogP contribution in [0.3, 0.4) is 0 Å². The number of aromatic carboxylic acids is 1. The van der Waals surface area contributed by atoms with Gasteiger partial charge in [0.2, 0.25) is 7.37 Å². The predicted octanol–water partition coefficient (Wildman–Crippen LogP) is 7.08. The summed E-state index contributed by atoms with van der Waals surface area (Å²) in [6.07, 6.45) is 3.95. The van der Waals surface area contributed by atoms with Crippen LogP contribution in [0.15, 0.2) is 77.7 Å². The van der Waals surface area contributed by atoms with E-state index in [0.717, 1.165) is 26.9 Å². The Morgan fingerprint density at radius 3 is 2.45 bits per heavy atom. The van der Waals surface area contributed by atoms with E-state index in [0.29, 0.717) is 17.4 Å². The highest BCUT2D eigenvalue weighted by atomic mass is 32.1. The third-order valence-electron chi connectivity index (χ3n) is 4.65. The van der Waals surface area contributed by atoms with Crippen LogP contribution in [0.5, 0.6) is 0 Å². The molecule has 1 heterocycles. The Kier molecular flexibility index (Phi) is 7.97. The van der Waals surface area contributed by atoms with Crippen molar-refractivity contribution < 1.29 is 19.0 Å². The monoisotopic (exact) mass is 430 g/mol. The molecule has 1 aliphatic carbocycles. The summed E-state index contributed by atoms with van der Waals surface area (Å²) in [6, 6.07) is 13.2. The van der Waals surface area contributed by atoms with E-state index in [1.165, 1.54) is 11.3 Å². The minimum Gasteiger partial charge on any atom is -0.477 e. The highest BCUT2D eigenvalue weighted by molar-refractivity contribution is 7.63. The zero-order valence-corrected chi connectivity index (χ0v) is 18.9. The molecule has 3 rings (SSSR count). The van der Waals surface area contributed by atoms with Gasteiger partial charge < -0.3 is 9.63 Å². The first kappa shape index (κ1) is 23.1. The molecule has 6 heteroatoms. The van der Waals surface area contributed by atoms with Crippen LogP contribution in [-0.4, -0.2) is 24.3 Å². The molecule has 0 fully saturated rings. The first-order valence-electron chi connectivity index (χ1n) is 9.36. The number of rotatable bonds is 5. The molecule has 1 aromatic heterocycles. The summed E-state index contributed by atoms with van der Waals surface area (Å²) in [4.78, 5) is 12.0. The van der Waals surface area contributed by atoms with Crippen LogP contribution >= 0.6 is 18.7 Å². The molecule has 0 saturated heterocycles. The quantitative estimate of drug-likeness (QED) is 0.515. The second-order valence-corrected chi connectivity index (χ2v) is 10.3. The van der Waals surface area contributed by atoms with Gasteiger partial charge in [0.1, 0.15) is 4.88 Å². The summed E-state index contributed by atoms with van der Waals surface area (Å²) in [6.45, 7) is 12.1.